The highest BCUT2D eigenvalue weighted by molar-refractivity contribution is 6.29. The van der Waals surface area contributed by atoms with Crippen LogP contribution < -0.4 is 0 Å². The molecule has 0 radical (unpaired) electrons. The molecule has 2 heterocycles. The van der Waals surface area contributed by atoms with E-state index in [2.05, 4.69) is 4.98 Å². The number of piperidine rings is 1. The highest BCUT2D eigenvalue weighted by Crippen LogP contribution is 2.36. The minimum Gasteiger partial charge on any atom is -0.338 e. The first-order valence-corrected chi connectivity index (χ1v) is 8.51. The lowest BCUT2D eigenvalue weighted by molar-refractivity contribution is 0.0520. The summed E-state index contributed by atoms with van der Waals surface area (Å²) in [6, 6.07) is 3.59. The van der Waals surface area contributed by atoms with Crippen molar-refractivity contribution in [1.82, 2.24) is 9.88 Å². The highest BCUT2D eigenvalue weighted by atomic mass is 35.5. The molecule has 1 aliphatic carbocycles. The van der Waals surface area contributed by atoms with Gasteiger partial charge in [0.25, 0.3) is 5.91 Å². The van der Waals surface area contributed by atoms with Crippen LogP contribution in [0.25, 0.3) is 0 Å². The summed E-state index contributed by atoms with van der Waals surface area (Å²) in [7, 11) is 0. The molecule has 2 atom stereocenters. The van der Waals surface area contributed by atoms with Gasteiger partial charge >= 0.3 is 0 Å². The normalized spacial score (nSPS) is 25.5. The highest BCUT2D eigenvalue weighted by Gasteiger charge is 2.33. The second-order valence-corrected chi connectivity index (χ2v) is 6.76. The quantitative estimate of drug-likeness (QED) is 0.775. The van der Waals surface area contributed by atoms with Crippen LogP contribution in [-0.4, -0.2) is 28.9 Å². The van der Waals surface area contributed by atoms with E-state index < -0.39 is 0 Å². The van der Waals surface area contributed by atoms with Gasteiger partial charge in [0.05, 0.1) is 0 Å². The SMILES string of the molecule is CCc1cc(C(=O)N2CCC3CCCCC3C2)cc(Cl)n1. The third kappa shape index (κ3) is 3.23. The first kappa shape index (κ1) is 14.8. The topological polar surface area (TPSA) is 33.2 Å². The third-order valence-electron chi connectivity index (χ3n) is 5.03. The maximum absolute atomic E-state index is 12.7. The van der Waals surface area contributed by atoms with Crippen molar-refractivity contribution in [3.05, 3.63) is 28.5 Å². The zero-order valence-corrected chi connectivity index (χ0v) is 13.4. The minimum absolute atomic E-state index is 0.123. The van der Waals surface area contributed by atoms with Gasteiger partial charge in [-0.1, -0.05) is 37.8 Å². The Balaban J connectivity index is 1.74. The van der Waals surface area contributed by atoms with E-state index in [0.717, 1.165) is 37.5 Å². The van der Waals surface area contributed by atoms with Gasteiger partial charge in [-0.05, 0) is 43.2 Å². The maximum Gasteiger partial charge on any atom is 0.254 e. The molecule has 1 aromatic heterocycles. The zero-order chi connectivity index (χ0) is 14.8. The van der Waals surface area contributed by atoms with Crippen LogP contribution in [0, 0.1) is 11.8 Å². The van der Waals surface area contributed by atoms with E-state index in [1.807, 2.05) is 17.9 Å². The number of aromatic nitrogens is 1. The van der Waals surface area contributed by atoms with E-state index in [1.165, 1.54) is 25.7 Å². The Hall–Kier alpha value is -1.09. The summed E-state index contributed by atoms with van der Waals surface area (Å²) >= 11 is 6.04. The van der Waals surface area contributed by atoms with Gasteiger partial charge in [0.15, 0.2) is 0 Å². The van der Waals surface area contributed by atoms with Crippen molar-refractivity contribution in [3.8, 4) is 0 Å². The summed E-state index contributed by atoms with van der Waals surface area (Å²) in [5.41, 5.74) is 1.58. The standard InChI is InChI=1S/C17H23ClN2O/c1-2-15-9-14(10-16(18)19-15)17(21)20-8-7-12-5-3-4-6-13(12)11-20/h9-10,12-13H,2-8,11H2,1H3. The summed E-state index contributed by atoms with van der Waals surface area (Å²) in [4.78, 5) is 19.0. The van der Waals surface area contributed by atoms with Crippen molar-refractivity contribution in [2.45, 2.75) is 45.4 Å². The van der Waals surface area contributed by atoms with Crippen LogP contribution in [0.4, 0.5) is 0 Å². The molecule has 4 heteroatoms. The Labute approximate surface area is 131 Å². The third-order valence-corrected chi connectivity index (χ3v) is 5.23. The number of pyridine rings is 1. The van der Waals surface area contributed by atoms with Gasteiger partial charge in [0.1, 0.15) is 5.15 Å². The van der Waals surface area contributed by atoms with Crippen LogP contribution in [0.2, 0.25) is 5.15 Å². The van der Waals surface area contributed by atoms with E-state index >= 15 is 0 Å². The van der Waals surface area contributed by atoms with Gasteiger partial charge in [-0.3, -0.25) is 4.79 Å². The van der Waals surface area contributed by atoms with Crippen LogP contribution in [0.1, 0.15) is 55.1 Å². The number of nitrogens with zero attached hydrogens (tertiary/aromatic N) is 2. The van der Waals surface area contributed by atoms with Gasteiger partial charge < -0.3 is 4.90 Å². The Morgan fingerprint density at radius 3 is 2.81 bits per heavy atom. The number of hydrogen-bond donors (Lipinski definition) is 0. The van der Waals surface area contributed by atoms with E-state index in [9.17, 15) is 4.79 Å². The molecule has 2 unspecified atom stereocenters. The number of hydrogen-bond acceptors (Lipinski definition) is 2. The van der Waals surface area contributed by atoms with E-state index in [4.69, 9.17) is 11.6 Å². The fourth-order valence-corrected chi connectivity index (χ4v) is 4.05. The number of amides is 1. The summed E-state index contributed by atoms with van der Waals surface area (Å²) in [5.74, 6) is 1.67. The number of fused-ring (bicyclic) bond motifs is 1. The lowest BCUT2D eigenvalue weighted by Gasteiger charge is -2.41. The van der Waals surface area contributed by atoms with Gasteiger partial charge in [0, 0.05) is 24.3 Å². The molecule has 1 saturated heterocycles. The number of aryl methyl sites for hydroxylation is 1. The molecule has 0 N–H and O–H groups in total. The molecule has 21 heavy (non-hydrogen) atoms. The fraction of sp³-hybridized carbons (Fsp3) is 0.647. The van der Waals surface area contributed by atoms with Crippen LogP contribution >= 0.6 is 11.6 Å². The average molecular weight is 307 g/mol. The van der Waals surface area contributed by atoms with E-state index in [1.54, 1.807) is 6.07 Å². The number of rotatable bonds is 2. The summed E-state index contributed by atoms with van der Waals surface area (Å²) in [5, 5.41) is 0.422. The molecule has 114 valence electrons. The Kier molecular flexibility index (Phi) is 4.48. The van der Waals surface area contributed by atoms with Gasteiger partial charge in [0.2, 0.25) is 0 Å². The molecule has 2 aliphatic rings. The monoisotopic (exact) mass is 306 g/mol. The number of halogens is 1. The van der Waals surface area contributed by atoms with Gasteiger partial charge in [-0.2, -0.15) is 0 Å². The molecule has 1 aliphatic heterocycles. The van der Waals surface area contributed by atoms with Gasteiger partial charge in [-0.15, -0.1) is 0 Å². The Morgan fingerprint density at radius 1 is 1.29 bits per heavy atom. The van der Waals surface area contributed by atoms with Crippen molar-refractivity contribution in [3.63, 3.8) is 0 Å². The first-order valence-electron chi connectivity index (χ1n) is 8.13. The van der Waals surface area contributed by atoms with Crippen LogP contribution in [0.3, 0.4) is 0 Å². The average Bonchev–Trinajstić information content (AvgIpc) is 2.53. The molecule has 3 rings (SSSR count). The van der Waals surface area contributed by atoms with E-state index in [-0.39, 0.29) is 5.91 Å². The van der Waals surface area contributed by atoms with Crippen molar-refractivity contribution >= 4 is 17.5 Å². The molecule has 1 aromatic rings. The second kappa shape index (κ2) is 6.35. The molecular formula is C17H23ClN2O. The predicted octanol–water partition coefficient (Wildman–Crippen LogP) is 3.95. The van der Waals surface area contributed by atoms with Crippen LogP contribution in [-0.2, 0) is 6.42 Å². The predicted molar refractivity (Wildman–Crippen MR) is 84.6 cm³/mol. The van der Waals surface area contributed by atoms with Crippen molar-refractivity contribution in [2.75, 3.05) is 13.1 Å². The summed E-state index contributed by atoms with van der Waals surface area (Å²) in [6.07, 6.45) is 7.29. The zero-order valence-electron chi connectivity index (χ0n) is 12.6. The maximum atomic E-state index is 12.7. The van der Waals surface area contributed by atoms with Crippen molar-refractivity contribution in [2.24, 2.45) is 11.8 Å². The smallest absolute Gasteiger partial charge is 0.254 e. The lowest BCUT2D eigenvalue weighted by atomic mass is 9.75. The number of likely N-dealkylation sites (tertiary alicyclic amines) is 1. The van der Waals surface area contributed by atoms with Crippen molar-refractivity contribution in [1.29, 1.82) is 0 Å². The van der Waals surface area contributed by atoms with Crippen LogP contribution in [0.15, 0.2) is 12.1 Å². The molecule has 1 saturated carbocycles. The molecule has 0 spiro atoms. The molecule has 1 amide bonds. The fourth-order valence-electron chi connectivity index (χ4n) is 3.82. The lowest BCUT2D eigenvalue weighted by Crippen LogP contribution is -2.44. The largest absolute Gasteiger partial charge is 0.338 e. The molecule has 2 fully saturated rings. The molecular weight excluding hydrogens is 284 g/mol. The molecule has 0 aromatic carbocycles. The second-order valence-electron chi connectivity index (χ2n) is 6.37. The van der Waals surface area contributed by atoms with Crippen molar-refractivity contribution < 1.29 is 4.79 Å². The minimum atomic E-state index is 0.123. The Morgan fingerprint density at radius 2 is 2.05 bits per heavy atom. The number of carbonyl (C=O) groups excluding carboxylic acids is 1. The Bertz CT molecular complexity index is 532. The first-order chi connectivity index (χ1) is 10.2. The number of carbonyl (C=O) groups is 1. The molecule has 3 nitrogen and oxygen atoms in total. The van der Waals surface area contributed by atoms with E-state index in [0.29, 0.717) is 16.6 Å². The van der Waals surface area contributed by atoms with Gasteiger partial charge in [-0.25, -0.2) is 4.98 Å². The summed E-state index contributed by atoms with van der Waals surface area (Å²) in [6.45, 7) is 3.84. The summed E-state index contributed by atoms with van der Waals surface area (Å²) < 4.78 is 0. The molecule has 0 bridgehead atoms. The van der Waals surface area contributed by atoms with Crippen LogP contribution in [0.5, 0.6) is 0 Å².